The third-order valence-corrected chi connectivity index (χ3v) is 3.94. The maximum absolute atomic E-state index is 11.2. The first-order valence-electron chi connectivity index (χ1n) is 6.70. The predicted molar refractivity (Wildman–Crippen MR) is 77.9 cm³/mol. The van der Waals surface area contributed by atoms with Crippen LogP contribution < -0.4 is 0 Å². The molecule has 1 atom stereocenters. The number of hydrogen-bond donors (Lipinski definition) is 1. The molecule has 0 aliphatic carbocycles. The van der Waals surface area contributed by atoms with Gasteiger partial charge in [-0.05, 0) is 29.3 Å². The number of rotatable bonds is 2. The molecule has 4 heteroatoms. The second kappa shape index (κ2) is 4.31. The smallest absolute Gasteiger partial charge is 0.335 e. The van der Waals surface area contributed by atoms with Crippen LogP contribution >= 0.6 is 0 Å². The Morgan fingerprint density at radius 3 is 2.86 bits per heavy atom. The predicted octanol–water partition coefficient (Wildman–Crippen LogP) is 3.06. The molecule has 0 fully saturated rings. The Bertz CT molecular complexity index is 851. The first-order chi connectivity index (χ1) is 10.3. The lowest BCUT2D eigenvalue weighted by molar-refractivity contribution is 0.0696. The highest BCUT2D eigenvalue weighted by atomic mass is 16.4. The van der Waals surface area contributed by atoms with E-state index < -0.39 is 5.97 Å². The quantitative estimate of drug-likeness (QED) is 0.612. The standard InChI is InChI=1S/C17H12N2O2/c20-17(21)12-5-3-4-11(8-12)16-13-6-1-2-7-14(13)19-10-18-9-15(16)19/h1-10,16H,(H,20,21). The van der Waals surface area contributed by atoms with E-state index in [1.54, 1.807) is 24.5 Å². The number of fused-ring (bicyclic) bond motifs is 3. The maximum atomic E-state index is 11.2. The molecule has 102 valence electrons. The Labute approximate surface area is 121 Å². The molecular formula is C17H12N2O2. The second-order valence-electron chi connectivity index (χ2n) is 5.11. The first-order valence-corrected chi connectivity index (χ1v) is 6.70. The fourth-order valence-electron chi connectivity index (χ4n) is 3.03. The number of nitrogens with zero attached hydrogens (tertiary/aromatic N) is 2. The molecule has 0 saturated carbocycles. The topological polar surface area (TPSA) is 55.1 Å². The van der Waals surface area contributed by atoms with Crippen molar-refractivity contribution < 1.29 is 9.90 Å². The third-order valence-electron chi connectivity index (χ3n) is 3.94. The summed E-state index contributed by atoms with van der Waals surface area (Å²) >= 11 is 0. The van der Waals surface area contributed by atoms with Crippen molar-refractivity contribution in [3.63, 3.8) is 0 Å². The number of carboxylic acid groups (broad SMARTS) is 1. The van der Waals surface area contributed by atoms with Gasteiger partial charge in [0.1, 0.15) is 0 Å². The summed E-state index contributed by atoms with van der Waals surface area (Å²) in [7, 11) is 0. The average molecular weight is 276 g/mol. The Morgan fingerprint density at radius 2 is 2.00 bits per heavy atom. The highest BCUT2D eigenvalue weighted by Crippen LogP contribution is 2.41. The van der Waals surface area contributed by atoms with Crippen LogP contribution in [0.25, 0.3) is 5.69 Å². The summed E-state index contributed by atoms with van der Waals surface area (Å²) in [5, 5.41) is 9.19. The van der Waals surface area contributed by atoms with Gasteiger partial charge in [-0.15, -0.1) is 0 Å². The Balaban J connectivity index is 1.93. The van der Waals surface area contributed by atoms with Crippen molar-refractivity contribution in [2.75, 3.05) is 0 Å². The van der Waals surface area contributed by atoms with Crippen molar-refractivity contribution in [3.05, 3.63) is 83.4 Å². The first kappa shape index (κ1) is 11.9. The lowest BCUT2D eigenvalue weighted by Crippen LogP contribution is -2.02. The van der Waals surface area contributed by atoms with Gasteiger partial charge in [-0.3, -0.25) is 0 Å². The fraction of sp³-hybridized carbons (Fsp3) is 0.0588. The molecule has 1 unspecified atom stereocenters. The van der Waals surface area contributed by atoms with Crippen LogP contribution in [0.2, 0.25) is 0 Å². The van der Waals surface area contributed by atoms with E-state index >= 15 is 0 Å². The molecule has 1 aliphatic rings. The normalized spacial score (nSPS) is 15.5. The van der Waals surface area contributed by atoms with E-state index in [4.69, 9.17) is 0 Å². The van der Waals surface area contributed by atoms with Crippen LogP contribution in [-0.2, 0) is 0 Å². The Morgan fingerprint density at radius 1 is 1.14 bits per heavy atom. The molecule has 2 heterocycles. The summed E-state index contributed by atoms with van der Waals surface area (Å²) in [6.45, 7) is 0. The number of aromatic nitrogens is 2. The van der Waals surface area contributed by atoms with E-state index in [2.05, 4.69) is 21.7 Å². The molecule has 4 nitrogen and oxygen atoms in total. The largest absolute Gasteiger partial charge is 0.478 e. The van der Waals surface area contributed by atoms with Crippen LogP contribution in [-0.4, -0.2) is 20.6 Å². The minimum absolute atomic E-state index is 0.0306. The monoisotopic (exact) mass is 276 g/mol. The van der Waals surface area contributed by atoms with Gasteiger partial charge in [0.15, 0.2) is 0 Å². The number of imidazole rings is 1. The number of carboxylic acids is 1. The minimum atomic E-state index is -0.906. The maximum Gasteiger partial charge on any atom is 0.335 e. The summed E-state index contributed by atoms with van der Waals surface area (Å²) in [5.74, 6) is -0.875. The number of carbonyl (C=O) groups is 1. The van der Waals surface area contributed by atoms with Gasteiger partial charge in [-0.1, -0.05) is 30.3 Å². The van der Waals surface area contributed by atoms with Gasteiger partial charge in [-0.25, -0.2) is 9.78 Å². The van der Waals surface area contributed by atoms with Crippen LogP contribution in [0.5, 0.6) is 0 Å². The average Bonchev–Trinajstić information content (AvgIpc) is 3.07. The fourth-order valence-corrected chi connectivity index (χ4v) is 3.03. The number of aromatic carboxylic acids is 1. The number of benzene rings is 2. The zero-order valence-corrected chi connectivity index (χ0v) is 11.1. The van der Waals surface area contributed by atoms with Gasteiger partial charge >= 0.3 is 5.97 Å². The van der Waals surface area contributed by atoms with Crippen molar-refractivity contribution >= 4 is 5.97 Å². The van der Waals surface area contributed by atoms with E-state index in [-0.39, 0.29) is 5.92 Å². The van der Waals surface area contributed by atoms with E-state index in [1.807, 2.05) is 24.4 Å². The Kier molecular flexibility index (Phi) is 2.44. The number of hydrogen-bond acceptors (Lipinski definition) is 2. The molecule has 4 rings (SSSR count). The Hall–Kier alpha value is -2.88. The van der Waals surface area contributed by atoms with Gasteiger partial charge in [0.2, 0.25) is 0 Å². The molecule has 1 aliphatic heterocycles. The van der Waals surface area contributed by atoms with Gasteiger partial charge in [-0.2, -0.15) is 0 Å². The molecule has 0 saturated heterocycles. The highest BCUT2D eigenvalue weighted by molar-refractivity contribution is 5.87. The molecule has 2 aromatic carbocycles. The van der Waals surface area contributed by atoms with Crippen molar-refractivity contribution in [1.82, 2.24) is 9.55 Å². The lowest BCUT2D eigenvalue weighted by atomic mass is 9.89. The molecule has 0 bridgehead atoms. The van der Waals surface area contributed by atoms with E-state index in [1.165, 1.54) is 5.56 Å². The zero-order chi connectivity index (χ0) is 14.4. The van der Waals surface area contributed by atoms with E-state index in [0.717, 1.165) is 16.9 Å². The van der Waals surface area contributed by atoms with Crippen molar-refractivity contribution in [1.29, 1.82) is 0 Å². The summed E-state index contributed by atoms with van der Waals surface area (Å²) in [4.78, 5) is 15.4. The van der Waals surface area contributed by atoms with E-state index in [9.17, 15) is 9.90 Å². The van der Waals surface area contributed by atoms with E-state index in [0.29, 0.717) is 5.56 Å². The second-order valence-corrected chi connectivity index (χ2v) is 5.11. The van der Waals surface area contributed by atoms with Crippen LogP contribution in [0.4, 0.5) is 0 Å². The van der Waals surface area contributed by atoms with Gasteiger partial charge in [0.25, 0.3) is 0 Å². The molecule has 0 radical (unpaired) electrons. The SMILES string of the molecule is O=C(O)c1cccc(C2c3ccccc3-n3cncc32)c1. The van der Waals surface area contributed by atoms with Crippen LogP contribution in [0.3, 0.4) is 0 Å². The molecule has 3 aromatic rings. The van der Waals surface area contributed by atoms with Crippen LogP contribution in [0.1, 0.15) is 33.1 Å². The molecule has 0 spiro atoms. The summed E-state index contributed by atoms with van der Waals surface area (Å²) in [6.07, 6.45) is 3.65. The summed E-state index contributed by atoms with van der Waals surface area (Å²) < 4.78 is 2.06. The summed E-state index contributed by atoms with van der Waals surface area (Å²) in [6, 6.07) is 15.3. The van der Waals surface area contributed by atoms with Gasteiger partial charge < -0.3 is 9.67 Å². The molecule has 1 aromatic heterocycles. The molecule has 0 amide bonds. The third kappa shape index (κ3) is 1.69. The molecule has 21 heavy (non-hydrogen) atoms. The van der Waals surface area contributed by atoms with Crippen molar-refractivity contribution in [2.24, 2.45) is 0 Å². The van der Waals surface area contributed by atoms with Crippen LogP contribution in [0, 0.1) is 0 Å². The van der Waals surface area contributed by atoms with Crippen molar-refractivity contribution in [3.8, 4) is 5.69 Å². The van der Waals surface area contributed by atoms with Crippen molar-refractivity contribution in [2.45, 2.75) is 5.92 Å². The summed E-state index contributed by atoms with van der Waals surface area (Å²) in [5.41, 5.74) is 4.64. The lowest BCUT2D eigenvalue weighted by Gasteiger charge is -2.12. The van der Waals surface area contributed by atoms with Gasteiger partial charge in [0, 0.05) is 6.20 Å². The van der Waals surface area contributed by atoms with Crippen LogP contribution in [0.15, 0.2) is 61.1 Å². The number of para-hydroxylation sites is 1. The molecule has 1 N–H and O–H groups in total. The molecular weight excluding hydrogens is 264 g/mol. The highest BCUT2D eigenvalue weighted by Gasteiger charge is 2.30. The zero-order valence-electron chi connectivity index (χ0n) is 11.1. The minimum Gasteiger partial charge on any atom is -0.478 e. The van der Waals surface area contributed by atoms with Gasteiger partial charge in [0.05, 0.1) is 29.2 Å².